The van der Waals surface area contributed by atoms with Gasteiger partial charge >= 0.3 is 23.9 Å². The number of ether oxygens (including phenoxy) is 6. The van der Waals surface area contributed by atoms with Crippen LogP contribution in [-0.2, 0) is 28.5 Å². The second kappa shape index (κ2) is 14.7. The molecule has 10 nitrogen and oxygen atoms in total. The number of hydrogen-bond donors (Lipinski definition) is 0. The van der Waals surface area contributed by atoms with Gasteiger partial charge in [-0.25, -0.2) is 19.2 Å². The molecule has 0 N–H and O–H groups in total. The van der Waals surface area contributed by atoms with E-state index in [2.05, 4.69) is 9.47 Å². The Morgan fingerprint density at radius 2 is 1.59 bits per heavy atom. The summed E-state index contributed by atoms with van der Waals surface area (Å²) in [5, 5.41) is 0. The van der Waals surface area contributed by atoms with Crippen molar-refractivity contribution in [1.82, 2.24) is 0 Å². The number of cyclic esters (lactones) is 2. The van der Waals surface area contributed by atoms with E-state index in [9.17, 15) is 19.2 Å². The third-order valence-electron chi connectivity index (χ3n) is 4.84. The van der Waals surface area contributed by atoms with Crippen molar-refractivity contribution in [2.45, 2.75) is 13.0 Å². The first-order chi connectivity index (χ1) is 17.8. The van der Waals surface area contributed by atoms with Gasteiger partial charge in [0.15, 0.2) is 6.10 Å². The predicted octanol–water partition coefficient (Wildman–Crippen LogP) is 3.22. The molecule has 0 spiro atoms. The van der Waals surface area contributed by atoms with Crippen LogP contribution < -0.4 is 9.47 Å². The first-order valence-corrected chi connectivity index (χ1v) is 11.0. The maximum Gasteiger partial charge on any atom is 0.342 e. The molecule has 1 atom stereocenters. The highest BCUT2D eigenvalue weighted by Gasteiger charge is 2.21. The van der Waals surface area contributed by atoms with Gasteiger partial charge in [0.1, 0.15) is 35.8 Å². The third-order valence-corrected chi connectivity index (χ3v) is 4.84. The molecule has 0 aliphatic carbocycles. The molecule has 0 bridgehead atoms. The standard InChI is InChI=1S/C14H14O5.C9H10O3.C4H4O2/c1-9-4-3-5-11(17-2)13(9)14(16)18-8-10-6-7-12(15)19-10;1-11-8-6-4-3-5-7(8)9(10)12-2;5-4-2-1-3-6-4/h3-7,10H,8H2,1-2H3;3-6H,1-2H3;1-2H,3H2. The highest BCUT2D eigenvalue weighted by Crippen LogP contribution is 2.23. The summed E-state index contributed by atoms with van der Waals surface area (Å²) in [6, 6.07) is 12.2. The maximum atomic E-state index is 12.0. The van der Waals surface area contributed by atoms with Crippen LogP contribution in [0.15, 0.2) is 66.8 Å². The minimum atomic E-state index is -0.508. The zero-order chi connectivity index (χ0) is 27.2. The smallest absolute Gasteiger partial charge is 0.342 e. The lowest BCUT2D eigenvalue weighted by atomic mass is 10.1. The summed E-state index contributed by atoms with van der Waals surface area (Å²) < 4.78 is 29.1. The first-order valence-electron chi connectivity index (χ1n) is 11.0. The summed E-state index contributed by atoms with van der Waals surface area (Å²) in [6.07, 6.45) is 5.46. The van der Waals surface area contributed by atoms with E-state index in [1.165, 1.54) is 33.5 Å². The Balaban J connectivity index is 0.000000226. The molecule has 37 heavy (non-hydrogen) atoms. The molecule has 0 saturated heterocycles. The quantitative estimate of drug-likeness (QED) is 0.421. The van der Waals surface area contributed by atoms with Crippen molar-refractivity contribution in [3.05, 3.63) is 83.5 Å². The second-order valence-electron chi connectivity index (χ2n) is 7.31. The lowest BCUT2D eigenvalue weighted by molar-refractivity contribution is -0.140. The topological polar surface area (TPSA) is 124 Å². The van der Waals surface area contributed by atoms with Gasteiger partial charge in [-0.15, -0.1) is 0 Å². The largest absolute Gasteiger partial charge is 0.496 e. The summed E-state index contributed by atoms with van der Waals surface area (Å²) in [5.41, 5.74) is 1.60. The number of carbonyl (C=O) groups is 4. The van der Waals surface area contributed by atoms with Gasteiger partial charge in [0.05, 0.1) is 21.3 Å². The molecule has 0 amide bonds. The molecule has 2 aliphatic heterocycles. The van der Waals surface area contributed by atoms with Gasteiger partial charge in [0.25, 0.3) is 0 Å². The lowest BCUT2D eigenvalue weighted by Gasteiger charge is -2.13. The fraction of sp³-hybridized carbons (Fsp3) is 0.259. The SMILES string of the molecule is COC(=O)c1ccccc1OC.COc1cccc(C)c1C(=O)OCC1C=CC(=O)O1.O=C1C=CCO1. The van der Waals surface area contributed by atoms with E-state index >= 15 is 0 Å². The number of hydrogen-bond acceptors (Lipinski definition) is 10. The number of carbonyl (C=O) groups excluding carboxylic acids is 4. The number of para-hydroxylation sites is 1. The number of methoxy groups -OCH3 is 3. The zero-order valence-corrected chi connectivity index (χ0v) is 20.9. The average molecular weight is 513 g/mol. The van der Waals surface area contributed by atoms with Gasteiger partial charge in [0, 0.05) is 12.2 Å². The summed E-state index contributed by atoms with van der Waals surface area (Å²) >= 11 is 0. The third kappa shape index (κ3) is 8.84. The molecule has 0 fully saturated rings. The molecule has 2 aliphatic rings. The molecule has 10 heteroatoms. The van der Waals surface area contributed by atoms with Gasteiger partial charge in [-0.3, -0.25) is 0 Å². The molecule has 196 valence electrons. The monoisotopic (exact) mass is 512 g/mol. The highest BCUT2D eigenvalue weighted by atomic mass is 16.6. The molecule has 2 aromatic carbocycles. The molecule has 0 aromatic heterocycles. The van der Waals surface area contributed by atoms with Crippen LogP contribution >= 0.6 is 0 Å². The Hall–Kier alpha value is -4.60. The number of rotatable bonds is 6. The van der Waals surface area contributed by atoms with Crippen LogP contribution in [0.1, 0.15) is 26.3 Å². The van der Waals surface area contributed by atoms with Crippen molar-refractivity contribution in [2.75, 3.05) is 34.5 Å². The Morgan fingerprint density at radius 1 is 0.892 bits per heavy atom. The van der Waals surface area contributed by atoms with Gasteiger partial charge < -0.3 is 28.4 Å². The van der Waals surface area contributed by atoms with E-state index in [1.807, 2.05) is 0 Å². The van der Waals surface area contributed by atoms with Gasteiger partial charge in [-0.1, -0.05) is 24.3 Å². The van der Waals surface area contributed by atoms with Crippen molar-refractivity contribution in [1.29, 1.82) is 0 Å². The van der Waals surface area contributed by atoms with E-state index in [4.69, 9.17) is 18.9 Å². The fourth-order valence-corrected chi connectivity index (χ4v) is 3.05. The van der Waals surface area contributed by atoms with Crippen molar-refractivity contribution in [2.24, 2.45) is 0 Å². The summed E-state index contributed by atoms with van der Waals surface area (Å²) in [6.45, 7) is 2.26. The Bertz CT molecular complexity index is 1170. The van der Waals surface area contributed by atoms with E-state index in [-0.39, 0.29) is 18.5 Å². The molecule has 0 saturated carbocycles. The van der Waals surface area contributed by atoms with Crippen LogP contribution in [-0.4, -0.2) is 64.5 Å². The Kier molecular flexibility index (Phi) is 11.4. The number of benzene rings is 2. The minimum absolute atomic E-state index is 0.00143. The minimum Gasteiger partial charge on any atom is -0.496 e. The van der Waals surface area contributed by atoms with Crippen molar-refractivity contribution < 1.29 is 47.6 Å². The van der Waals surface area contributed by atoms with Crippen molar-refractivity contribution in [3.63, 3.8) is 0 Å². The van der Waals surface area contributed by atoms with Crippen LogP contribution in [0.4, 0.5) is 0 Å². The van der Waals surface area contributed by atoms with Gasteiger partial charge in [-0.05, 0) is 42.8 Å². The van der Waals surface area contributed by atoms with Gasteiger partial charge in [-0.2, -0.15) is 0 Å². The maximum absolute atomic E-state index is 12.0. The molecule has 2 heterocycles. The van der Waals surface area contributed by atoms with Crippen LogP contribution in [0.3, 0.4) is 0 Å². The number of esters is 4. The lowest BCUT2D eigenvalue weighted by Crippen LogP contribution is -2.19. The Labute approximate surface area is 214 Å². The normalized spacial score (nSPS) is 14.8. The summed E-state index contributed by atoms with van der Waals surface area (Å²) in [7, 11) is 4.35. The summed E-state index contributed by atoms with van der Waals surface area (Å²) in [5.74, 6) is -0.531. The Morgan fingerprint density at radius 3 is 2.14 bits per heavy atom. The highest BCUT2D eigenvalue weighted by molar-refractivity contribution is 5.94. The molecule has 4 rings (SSSR count). The first kappa shape index (κ1) is 28.6. The van der Waals surface area contributed by atoms with Crippen molar-refractivity contribution >= 4 is 23.9 Å². The van der Waals surface area contributed by atoms with E-state index in [1.54, 1.807) is 61.5 Å². The summed E-state index contributed by atoms with van der Waals surface area (Å²) in [4.78, 5) is 43.9. The fourth-order valence-electron chi connectivity index (χ4n) is 3.05. The molecular formula is C27H28O10. The molecule has 0 radical (unpaired) electrons. The van der Waals surface area contributed by atoms with E-state index in [0.717, 1.165) is 5.56 Å². The zero-order valence-electron chi connectivity index (χ0n) is 20.9. The van der Waals surface area contributed by atoms with Crippen molar-refractivity contribution in [3.8, 4) is 11.5 Å². The molecular weight excluding hydrogens is 484 g/mol. The number of aryl methyl sites for hydroxylation is 1. The predicted molar refractivity (Wildman–Crippen MR) is 131 cm³/mol. The molecule has 2 aromatic rings. The van der Waals surface area contributed by atoms with Crippen LogP contribution in [0.2, 0.25) is 0 Å². The van der Waals surface area contributed by atoms with E-state index in [0.29, 0.717) is 29.2 Å². The van der Waals surface area contributed by atoms with Crippen LogP contribution in [0.25, 0.3) is 0 Å². The molecule has 1 unspecified atom stereocenters. The average Bonchev–Trinajstić information content (AvgIpc) is 3.57. The second-order valence-corrected chi connectivity index (χ2v) is 7.31. The van der Waals surface area contributed by atoms with Crippen LogP contribution in [0, 0.1) is 6.92 Å². The van der Waals surface area contributed by atoms with E-state index < -0.39 is 18.0 Å². The van der Waals surface area contributed by atoms with Gasteiger partial charge in [0.2, 0.25) is 0 Å². The van der Waals surface area contributed by atoms with Crippen LogP contribution in [0.5, 0.6) is 11.5 Å².